The summed E-state index contributed by atoms with van der Waals surface area (Å²) in [5, 5.41) is 2.92. The number of ether oxygens (including phenoxy) is 1. The smallest absolute Gasteiger partial charge is 0.253 e. The maximum Gasteiger partial charge on any atom is 0.253 e. The van der Waals surface area contributed by atoms with Crippen molar-refractivity contribution in [1.29, 1.82) is 0 Å². The lowest BCUT2D eigenvalue weighted by Gasteiger charge is -2.30. The minimum Gasteiger partial charge on any atom is -0.497 e. The highest BCUT2D eigenvalue weighted by molar-refractivity contribution is 5.99. The third-order valence-electron chi connectivity index (χ3n) is 3.49. The Morgan fingerprint density at radius 1 is 1.29 bits per heavy atom. The predicted molar refractivity (Wildman–Crippen MR) is 86.7 cm³/mol. The van der Waals surface area contributed by atoms with Gasteiger partial charge in [-0.3, -0.25) is 9.69 Å². The molecule has 0 aromatic heterocycles. The normalized spacial score (nSPS) is 11.2. The number of rotatable bonds is 7. The fraction of sp³-hybridized carbons (Fsp3) is 0.562. The maximum absolute atomic E-state index is 12.2. The number of amides is 1. The second kappa shape index (κ2) is 7.88. The minimum atomic E-state index is -0.168. The number of nitrogens with two attached hydrogens (primary N) is 1. The minimum absolute atomic E-state index is 0.168. The molecular formula is C16H27N3O2. The van der Waals surface area contributed by atoms with Crippen LogP contribution in [0.15, 0.2) is 18.2 Å². The van der Waals surface area contributed by atoms with Crippen LogP contribution in [0.1, 0.15) is 38.1 Å². The number of nitrogens with one attached hydrogen (secondary N) is 1. The molecule has 5 heteroatoms. The zero-order valence-corrected chi connectivity index (χ0v) is 13.6. The Kier molecular flexibility index (Phi) is 6.49. The summed E-state index contributed by atoms with van der Waals surface area (Å²) < 4.78 is 5.12. The summed E-state index contributed by atoms with van der Waals surface area (Å²) in [7, 11) is 1.57. The molecule has 0 aliphatic rings. The molecule has 5 nitrogen and oxygen atoms in total. The summed E-state index contributed by atoms with van der Waals surface area (Å²) in [4.78, 5) is 14.5. The van der Waals surface area contributed by atoms with Crippen LogP contribution in [-0.2, 0) is 0 Å². The molecule has 1 amide bonds. The van der Waals surface area contributed by atoms with Crippen LogP contribution in [0.4, 0.5) is 5.69 Å². The van der Waals surface area contributed by atoms with E-state index in [1.165, 1.54) is 0 Å². The number of hydrogen-bond acceptors (Lipinski definition) is 4. The van der Waals surface area contributed by atoms with Gasteiger partial charge in [0.15, 0.2) is 0 Å². The maximum atomic E-state index is 12.2. The third-order valence-corrected chi connectivity index (χ3v) is 3.49. The van der Waals surface area contributed by atoms with Crippen LogP contribution in [0.25, 0.3) is 0 Å². The highest BCUT2D eigenvalue weighted by atomic mass is 16.5. The monoisotopic (exact) mass is 293 g/mol. The zero-order valence-electron chi connectivity index (χ0n) is 13.6. The summed E-state index contributed by atoms with van der Waals surface area (Å²) in [6.07, 6.45) is 0. The van der Waals surface area contributed by atoms with E-state index in [-0.39, 0.29) is 5.91 Å². The van der Waals surface area contributed by atoms with Crippen molar-refractivity contribution in [2.75, 3.05) is 25.9 Å². The lowest BCUT2D eigenvalue weighted by Crippen LogP contribution is -2.42. The SMILES string of the molecule is COc1ccc(N)c(C(=O)NCCN(C(C)C)C(C)C)c1. The van der Waals surface area contributed by atoms with E-state index in [0.717, 1.165) is 6.54 Å². The third kappa shape index (κ3) is 4.93. The number of benzene rings is 1. The highest BCUT2D eigenvalue weighted by Gasteiger charge is 2.14. The first kappa shape index (κ1) is 17.3. The zero-order chi connectivity index (χ0) is 16.0. The topological polar surface area (TPSA) is 67.6 Å². The molecule has 21 heavy (non-hydrogen) atoms. The average molecular weight is 293 g/mol. The number of hydrogen-bond donors (Lipinski definition) is 2. The van der Waals surface area contributed by atoms with Gasteiger partial charge in [0.05, 0.1) is 12.7 Å². The van der Waals surface area contributed by atoms with Gasteiger partial charge in [-0.2, -0.15) is 0 Å². The second-order valence-electron chi connectivity index (χ2n) is 5.63. The van der Waals surface area contributed by atoms with Gasteiger partial charge in [-0.05, 0) is 45.9 Å². The molecule has 0 unspecified atom stereocenters. The van der Waals surface area contributed by atoms with Gasteiger partial charge in [-0.25, -0.2) is 0 Å². The first-order valence-electron chi connectivity index (χ1n) is 7.34. The summed E-state index contributed by atoms with van der Waals surface area (Å²) in [6.45, 7) is 10.0. The second-order valence-corrected chi connectivity index (χ2v) is 5.63. The summed E-state index contributed by atoms with van der Waals surface area (Å²) in [5.41, 5.74) is 6.76. The molecule has 0 atom stereocenters. The fourth-order valence-corrected chi connectivity index (χ4v) is 2.37. The molecule has 0 fully saturated rings. The van der Waals surface area contributed by atoms with Gasteiger partial charge in [-0.15, -0.1) is 0 Å². The Balaban J connectivity index is 2.62. The van der Waals surface area contributed by atoms with E-state index >= 15 is 0 Å². The van der Waals surface area contributed by atoms with Crippen molar-refractivity contribution < 1.29 is 9.53 Å². The van der Waals surface area contributed by atoms with Crippen molar-refractivity contribution in [3.63, 3.8) is 0 Å². The molecule has 0 heterocycles. The average Bonchev–Trinajstić information content (AvgIpc) is 2.43. The van der Waals surface area contributed by atoms with Gasteiger partial charge in [0.2, 0.25) is 0 Å². The van der Waals surface area contributed by atoms with Gasteiger partial charge >= 0.3 is 0 Å². The first-order chi connectivity index (χ1) is 9.86. The first-order valence-corrected chi connectivity index (χ1v) is 7.34. The van der Waals surface area contributed by atoms with Crippen molar-refractivity contribution in [2.45, 2.75) is 39.8 Å². The number of anilines is 1. The van der Waals surface area contributed by atoms with Crippen LogP contribution in [-0.4, -0.2) is 43.1 Å². The van der Waals surface area contributed by atoms with E-state index in [4.69, 9.17) is 10.5 Å². The van der Waals surface area contributed by atoms with E-state index in [0.29, 0.717) is 35.6 Å². The molecule has 0 aliphatic carbocycles. The number of methoxy groups -OCH3 is 1. The van der Waals surface area contributed by atoms with Crippen LogP contribution in [0.3, 0.4) is 0 Å². The van der Waals surface area contributed by atoms with Crippen molar-refractivity contribution in [1.82, 2.24) is 10.2 Å². The lowest BCUT2D eigenvalue weighted by atomic mass is 10.1. The number of carbonyl (C=O) groups excluding carboxylic acids is 1. The number of nitrogen functional groups attached to an aromatic ring is 1. The lowest BCUT2D eigenvalue weighted by molar-refractivity contribution is 0.0940. The highest BCUT2D eigenvalue weighted by Crippen LogP contribution is 2.19. The van der Waals surface area contributed by atoms with Gasteiger partial charge in [0, 0.05) is 30.9 Å². The van der Waals surface area contributed by atoms with E-state index in [2.05, 4.69) is 37.9 Å². The molecule has 0 spiro atoms. The molecule has 0 radical (unpaired) electrons. The largest absolute Gasteiger partial charge is 0.497 e. The molecule has 0 aliphatic heterocycles. The predicted octanol–water partition coefficient (Wildman–Crippen LogP) is 2.13. The molecule has 0 saturated carbocycles. The summed E-state index contributed by atoms with van der Waals surface area (Å²) >= 11 is 0. The van der Waals surface area contributed by atoms with E-state index < -0.39 is 0 Å². The van der Waals surface area contributed by atoms with Gasteiger partial charge in [0.25, 0.3) is 5.91 Å². The molecule has 3 N–H and O–H groups in total. The molecule has 118 valence electrons. The summed E-state index contributed by atoms with van der Waals surface area (Å²) in [6, 6.07) is 5.98. The molecule has 1 aromatic carbocycles. The Bertz CT molecular complexity index is 465. The van der Waals surface area contributed by atoms with Crippen molar-refractivity contribution in [3.8, 4) is 5.75 Å². The van der Waals surface area contributed by atoms with Crippen molar-refractivity contribution in [2.24, 2.45) is 0 Å². The van der Waals surface area contributed by atoms with Crippen LogP contribution in [0, 0.1) is 0 Å². The quantitative estimate of drug-likeness (QED) is 0.756. The molecule has 0 saturated heterocycles. The molecular weight excluding hydrogens is 266 g/mol. The Labute approximate surface area is 127 Å². The summed E-state index contributed by atoms with van der Waals surface area (Å²) in [5.74, 6) is 0.458. The number of carbonyl (C=O) groups is 1. The van der Waals surface area contributed by atoms with E-state index in [1.54, 1.807) is 25.3 Å². The van der Waals surface area contributed by atoms with Crippen LogP contribution < -0.4 is 15.8 Å². The molecule has 1 rings (SSSR count). The van der Waals surface area contributed by atoms with Gasteiger partial charge in [0.1, 0.15) is 5.75 Å². The molecule has 1 aromatic rings. The van der Waals surface area contributed by atoms with Crippen molar-refractivity contribution >= 4 is 11.6 Å². The van der Waals surface area contributed by atoms with E-state index in [1.807, 2.05) is 0 Å². The number of nitrogens with zero attached hydrogens (tertiary/aromatic N) is 1. The molecule has 0 bridgehead atoms. The fourth-order valence-electron chi connectivity index (χ4n) is 2.37. The van der Waals surface area contributed by atoms with Crippen molar-refractivity contribution in [3.05, 3.63) is 23.8 Å². The Morgan fingerprint density at radius 2 is 1.90 bits per heavy atom. The standard InChI is InChI=1S/C16H27N3O2/c1-11(2)19(12(3)4)9-8-18-16(20)14-10-13(21-5)6-7-15(14)17/h6-7,10-12H,8-9,17H2,1-5H3,(H,18,20). The van der Waals surface area contributed by atoms with Gasteiger partial charge in [-0.1, -0.05) is 0 Å². The van der Waals surface area contributed by atoms with Crippen LogP contribution in [0.5, 0.6) is 5.75 Å². The van der Waals surface area contributed by atoms with Crippen LogP contribution in [0.2, 0.25) is 0 Å². The Morgan fingerprint density at radius 3 is 2.43 bits per heavy atom. The van der Waals surface area contributed by atoms with E-state index in [9.17, 15) is 4.79 Å². The van der Waals surface area contributed by atoms with Crippen LogP contribution >= 0.6 is 0 Å². The van der Waals surface area contributed by atoms with Gasteiger partial charge < -0.3 is 15.8 Å². The Hall–Kier alpha value is -1.75.